The largest absolute Gasteiger partial charge is 0.410 e. The van der Waals surface area contributed by atoms with E-state index < -0.39 is 0 Å². The number of aromatic nitrogens is 1. The monoisotopic (exact) mass is 146 g/mol. The van der Waals surface area contributed by atoms with Crippen molar-refractivity contribution in [1.29, 1.82) is 0 Å². The average Bonchev–Trinajstić information content (AvgIpc) is 2.37. The van der Waals surface area contributed by atoms with Crippen LogP contribution in [0.25, 0.3) is 0 Å². The molecule has 0 spiro atoms. The third-order valence-electron chi connectivity index (χ3n) is 0.737. The highest BCUT2D eigenvalue weighted by atomic mass is 35.5. The van der Waals surface area contributed by atoms with Gasteiger partial charge in [-0.2, -0.15) is 0 Å². The van der Waals surface area contributed by atoms with Crippen LogP contribution in [0.1, 0.15) is 5.69 Å². The molecular weight excluding hydrogens is 144 g/mol. The molecule has 1 heterocycles. The molecule has 0 saturated heterocycles. The molecule has 0 atom stereocenters. The smallest absolute Gasteiger partial charge is 0.197 e. The second kappa shape index (κ2) is 2.50. The van der Waals surface area contributed by atoms with Crippen LogP contribution >= 0.6 is 11.6 Å². The van der Waals surface area contributed by atoms with E-state index in [1.165, 1.54) is 12.3 Å². The summed E-state index contributed by atoms with van der Waals surface area (Å²) in [6, 6.07) is 1.49. The number of hydrogen-bond acceptors (Lipinski definition) is 4. The van der Waals surface area contributed by atoms with Gasteiger partial charge in [-0.15, -0.1) is 0 Å². The number of rotatable bonds is 1. The topological polar surface area (TPSA) is 58.6 Å². The molecule has 0 aliphatic rings. The molecule has 1 aromatic rings. The molecule has 1 N–H and O–H groups in total. The molecule has 0 amide bonds. The van der Waals surface area contributed by atoms with Crippen LogP contribution in [0.15, 0.2) is 22.0 Å². The maximum absolute atomic E-state index is 8.08. The molecule has 0 bridgehead atoms. The van der Waals surface area contributed by atoms with Crippen molar-refractivity contribution in [2.24, 2.45) is 5.16 Å². The lowest BCUT2D eigenvalue weighted by molar-refractivity contribution is 0.320. The van der Waals surface area contributed by atoms with Crippen molar-refractivity contribution in [3.63, 3.8) is 0 Å². The molecule has 0 radical (unpaired) electrons. The fourth-order valence-corrected chi connectivity index (χ4v) is 0.468. The molecule has 4 nitrogen and oxygen atoms in total. The van der Waals surface area contributed by atoms with Gasteiger partial charge in [0.2, 0.25) is 0 Å². The van der Waals surface area contributed by atoms with E-state index >= 15 is 0 Å². The normalized spacial score (nSPS) is 11.9. The van der Waals surface area contributed by atoms with Gasteiger partial charge in [-0.3, -0.25) is 0 Å². The highest BCUT2D eigenvalue weighted by Gasteiger charge is 2.01. The fraction of sp³-hybridized carbons (Fsp3) is 0. The van der Waals surface area contributed by atoms with Gasteiger partial charge in [-0.25, -0.2) is 0 Å². The molecular formula is C4H3ClN2O2. The van der Waals surface area contributed by atoms with Crippen LogP contribution in [-0.2, 0) is 0 Å². The summed E-state index contributed by atoms with van der Waals surface area (Å²) < 4.78 is 4.41. The maximum atomic E-state index is 8.08. The van der Waals surface area contributed by atoms with E-state index in [0.29, 0.717) is 5.69 Å². The highest BCUT2D eigenvalue weighted by molar-refractivity contribution is 6.69. The van der Waals surface area contributed by atoms with Gasteiger partial charge < -0.3 is 9.73 Å². The minimum atomic E-state index is -0.0799. The minimum absolute atomic E-state index is 0.0799. The van der Waals surface area contributed by atoms with E-state index in [0.717, 1.165) is 0 Å². The Balaban J connectivity index is 2.90. The van der Waals surface area contributed by atoms with Gasteiger partial charge in [0.1, 0.15) is 12.0 Å². The summed E-state index contributed by atoms with van der Waals surface area (Å²) in [4.78, 5) is 0. The van der Waals surface area contributed by atoms with Gasteiger partial charge >= 0.3 is 0 Å². The summed E-state index contributed by atoms with van der Waals surface area (Å²) in [5.41, 5.74) is 0.319. The molecule has 5 heteroatoms. The third kappa shape index (κ3) is 1.20. The van der Waals surface area contributed by atoms with Crippen LogP contribution in [0, 0.1) is 0 Å². The number of nitrogens with zero attached hydrogens (tertiary/aromatic N) is 2. The predicted octanol–water partition coefficient (Wildman–Crippen LogP) is 1.05. The molecule has 48 valence electrons. The Morgan fingerprint density at radius 1 is 1.89 bits per heavy atom. The van der Waals surface area contributed by atoms with Crippen molar-refractivity contribution < 1.29 is 9.73 Å². The predicted molar refractivity (Wildman–Crippen MR) is 30.7 cm³/mol. The Morgan fingerprint density at radius 3 is 3.11 bits per heavy atom. The SMILES string of the molecule is O/N=C(\Cl)c1ccon1. The Labute approximate surface area is 55.7 Å². The second-order valence-electron chi connectivity index (χ2n) is 1.28. The van der Waals surface area contributed by atoms with E-state index in [2.05, 4.69) is 14.8 Å². The standard InChI is InChI=1S/C4H3ClN2O2/c5-4(6-8)3-1-2-9-7-3/h1-2,8H/b6-4-. The van der Waals surface area contributed by atoms with Gasteiger partial charge in [0.25, 0.3) is 0 Å². The van der Waals surface area contributed by atoms with Crippen molar-refractivity contribution in [2.45, 2.75) is 0 Å². The van der Waals surface area contributed by atoms with E-state index in [4.69, 9.17) is 16.8 Å². The van der Waals surface area contributed by atoms with Crippen LogP contribution in [0.5, 0.6) is 0 Å². The lowest BCUT2D eigenvalue weighted by atomic mass is 10.5. The third-order valence-corrected chi connectivity index (χ3v) is 1.01. The van der Waals surface area contributed by atoms with Crippen molar-refractivity contribution in [3.05, 3.63) is 18.0 Å². The first-order valence-electron chi connectivity index (χ1n) is 2.13. The number of halogens is 1. The van der Waals surface area contributed by atoms with Crippen LogP contribution in [0.3, 0.4) is 0 Å². The summed E-state index contributed by atoms with van der Waals surface area (Å²) in [7, 11) is 0. The van der Waals surface area contributed by atoms with E-state index in [9.17, 15) is 0 Å². The molecule has 0 unspecified atom stereocenters. The van der Waals surface area contributed by atoms with Gasteiger partial charge in [0, 0.05) is 6.07 Å². The van der Waals surface area contributed by atoms with E-state index in [-0.39, 0.29) is 5.17 Å². The van der Waals surface area contributed by atoms with Crippen LogP contribution in [-0.4, -0.2) is 15.5 Å². The molecule has 0 fully saturated rings. The summed E-state index contributed by atoms with van der Waals surface area (Å²) in [6.07, 6.45) is 1.34. The Kier molecular flexibility index (Phi) is 1.69. The average molecular weight is 147 g/mol. The zero-order valence-electron chi connectivity index (χ0n) is 4.28. The lowest BCUT2D eigenvalue weighted by Gasteiger charge is -1.81. The highest BCUT2D eigenvalue weighted by Crippen LogP contribution is 1.99. The quantitative estimate of drug-likeness (QED) is 0.366. The van der Waals surface area contributed by atoms with E-state index in [1.807, 2.05) is 0 Å². The van der Waals surface area contributed by atoms with E-state index in [1.54, 1.807) is 0 Å². The van der Waals surface area contributed by atoms with Crippen molar-refractivity contribution in [2.75, 3.05) is 0 Å². The fourth-order valence-electron chi connectivity index (χ4n) is 0.370. The summed E-state index contributed by atoms with van der Waals surface area (Å²) >= 11 is 5.31. The first-order valence-corrected chi connectivity index (χ1v) is 2.50. The molecule has 0 aliphatic carbocycles. The Hall–Kier alpha value is -1.03. The molecule has 0 aromatic carbocycles. The first-order chi connectivity index (χ1) is 4.34. The molecule has 1 aromatic heterocycles. The summed E-state index contributed by atoms with van der Waals surface area (Å²) in [5, 5.41) is 14.1. The van der Waals surface area contributed by atoms with Crippen LogP contribution < -0.4 is 0 Å². The van der Waals surface area contributed by atoms with Gasteiger partial charge in [0.05, 0.1) is 0 Å². The second-order valence-corrected chi connectivity index (χ2v) is 1.63. The zero-order chi connectivity index (χ0) is 6.69. The van der Waals surface area contributed by atoms with Crippen molar-refractivity contribution in [3.8, 4) is 0 Å². The summed E-state index contributed by atoms with van der Waals surface area (Å²) in [5.74, 6) is 0. The summed E-state index contributed by atoms with van der Waals surface area (Å²) in [6.45, 7) is 0. The molecule has 1 rings (SSSR count). The van der Waals surface area contributed by atoms with Gasteiger partial charge in [0.15, 0.2) is 5.17 Å². The van der Waals surface area contributed by atoms with Crippen molar-refractivity contribution >= 4 is 16.8 Å². The maximum Gasteiger partial charge on any atom is 0.197 e. The number of oxime groups is 1. The Morgan fingerprint density at radius 2 is 2.67 bits per heavy atom. The lowest BCUT2D eigenvalue weighted by Crippen LogP contribution is -1.88. The van der Waals surface area contributed by atoms with Crippen molar-refractivity contribution in [1.82, 2.24) is 5.16 Å². The number of hydrogen-bond donors (Lipinski definition) is 1. The zero-order valence-corrected chi connectivity index (χ0v) is 5.04. The van der Waals surface area contributed by atoms with Crippen LogP contribution in [0.2, 0.25) is 0 Å². The van der Waals surface area contributed by atoms with Gasteiger partial charge in [-0.05, 0) is 0 Å². The molecule has 0 saturated carbocycles. The van der Waals surface area contributed by atoms with Crippen LogP contribution in [0.4, 0.5) is 0 Å². The molecule has 0 aliphatic heterocycles. The minimum Gasteiger partial charge on any atom is -0.410 e. The first kappa shape index (κ1) is 6.10. The molecule has 9 heavy (non-hydrogen) atoms. The van der Waals surface area contributed by atoms with Gasteiger partial charge in [-0.1, -0.05) is 21.9 Å². The Bertz CT molecular complexity index is 206.